The molecule has 0 spiro atoms. The summed E-state index contributed by atoms with van der Waals surface area (Å²) in [5.74, 6) is -1.05. The van der Waals surface area contributed by atoms with Crippen molar-refractivity contribution in [3.05, 3.63) is 94.0 Å². The largest absolute Gasteiger partial charge is 0.478 e. The molecule has 8 heteroatoms. The molecule has 33 heavy (non-hydrogen) atoms. The quantitative estimate of drug-likeness (QED) is 0.409. The standard InChI is InChI=1S/C25H25ClN2O4S/c1-2-3-4-17-5-12-22(13-6-17)33(31,32)28-25(20-9-7-18(8-10-20)24(29)30)16-19-15-21(26)11-14-23(19)27-25/h5-15,27-28H,2-4,16H2,1H3,(H,29,30). The molecule has 0 fully saturated rings. The van der Waals surface area contributed by atoms with E-state index in [0.717, 1.165) is 36.1 Å². The van der Waals surface area contributed by atoms with Crippen molar-refractivity contribution < 1.29 is 18.3 Å². The average Bonchev–Trinajstić information content (AvgIpc) is 3.15. The van der Waals surface area contributed by atoms with E-state index in [9.17, 15) is 18.3 Å². The van der Waals surface area contributed by atoms with Gasteiger partial charge in [-0.05, 0) is 72.0 Å². The lowest BCUT2D eigenvalue weighted by Gasteiger charge is -2.32. The van der Waals surface area contributed by atoms with Gasteiger partial charge >= 0.3 is 5.97 Å². The maximum atomic E-state index is 13.4. The second-order valence-electron chi connectivity index (χ2n) is 8.24. The molecule has 1 aliphatic rings. The molecule has 0 aliphatic carbocycles. The van der Waals surface area contributed by atoms with Gasteiger partial charge in [-0.3, -0.25) is 0 Å². The van der Waals surface area contributed by atoms with Crippen LogP contribution in [0.1, 0.15) is 46.8 Å². The first-order valence-electron chi connectivity index (χ1n) is 10.8. The van der Waals surface area contributed by atoms with Gasteiger partial charge in [-0.1, -0.05) is 49.2 Å². The van der Waals surface area contributed by atoms with Crippen molar-refractivity contribution in [1.82, 2.24) is 4.72 Å². The van der Waals surface area contributed by atoms with Crippen molar-refractivity contribution in [3.8, 4) is 0 Å². The van der Waals surface area contributed by atoms with Crippen LogP contribution in [0, 0.1) is 0 Å². The number of hydrogen-bond acceptors (Lipinski definition) is 4. The van der Waals surface area contributed by atoms with E-state index in [2.05, 4.69) is 17.0 Å². The molecule has 0 radical (unpaired) electrons. The first kappa shape index (κ1) is 23.3. The number of aryl methyl sites for hydroxylation is 1. The van der Waals surface area contributed by atoms with Crippen LogP contribution < -0.4 is 10.0 Å². The van der Waals surface area contributed by atoms with Crippen LogP contribution in [0.5, 0.6) is 0 Å². The molecule has 1 aliphatic heterocycles. The number of nitrogens with one attached hydrogen (secondary N) is 2. The number of benzene rings is 3. The number of rotatable bonds is 8. The van der Waals surface area contributed by atoms with Crippen molar-refractivity contribution in [2.75, 3.05) is 5.32 Å². The number of sulfonamides is 1. The fourth-order valence-electron chi connectivity index (χ4n) is 4.09. The first-order valence-corrected chi connectivity index (χ1v) is 12.6. The minimum absolute atomic E-state index is 0.123. The smallest absolute Gasteiger partial charge is 0.335 e. The summed E-state index contributed by atoms with van der Waals surface area (Å²) < 4.78 is 29.7. The lowest BCUT2D eigenvalue weighted by molar-refractivity contribution is 0.0696. The Hall–Kier alpha value is -2.87. The van der Waals surface area contributed by atoms with Crippen LogP contribution in [-0.4, -0.2) is 19.5 Å². The van der Waals surface area contributed by atoms with E-state index in [1.807, 2.05) is 18.2 Å². The lowest BCUT2D eigenvalue weighted by atomic mass is 9.95. The highest BCUT2D eigenvalue weighted by Gasteiger charge is 2.42. The molecule has 0 aromatic heterocycles. The predicted molar refractivity (Wildman–Crippen MR) is 129 cm³/mol. The molecule has 3 aromatic carbocycles. The molecular weight excluding hydrogens is 460 g/mol. The number of halogens is 1. The van der Waals surface area contributed by atoms with Crippen LogP contribution in [0.3, 0.4) is 0 Å². The highest BCUT2D eigenvalue weighted by Crippen LogP contribution is 2.39. The zero-order valence-corrected chi connectivity index (χ0v) is 19.7. The summed E-state index contributed by atoms with van der Waals surface area (Å²) >= 11 is 6.17. The van der Waals surface area contributed by atoms with Crippen molar-refractivity contribution in [2.45, 2.75) is 43.2 Å². The average molecular weight is 485 g/mol. The van der Waals surface area contributed by atoms with Gasteiger partial charge in [-0.2, -0.15) is 4.72 Å². The van der Waals surface area contributed by atoms with E-state index in [0.29, 0.717) is 17.0 Å². The minimum Gasteiger partial charge on any atom is -0.478 e. The molecule has 3 aromatic rings. The van der Waals surface area contributed by atoms with Crippen LogP contribution in [-0.2, 0) is 28.5 Å². The number of anilines is 1. The topological polar surface area (TPSA) is 95.5 Å². The number of carbonyl (C=O) groups is 1. The molecule has 1 unspecified atom stereocenters. The molecule has 1 atom stereocenters. The van der Waals surface area contributed by atoms with Gasteiger partial charge in [0, 0.05) is 17.1 Å². The van der Waals surface area contributed by atoms with Crippen LogP contribution >= 0.6 is 11.6 Å². The van der Waals surface area contributed by atoms with Gasteiger partial charge in [0.2, 0.25) is 10.0 Å². The van der Waals surface area contributed by atoms with Crippen molar-refractivity contribution in [3.63, 3.8) is 0 Å². The Morgan fingerprint density at radius 3 is 2.42 bits per heavy atom. The third-order valence-electron chi connectivity index (χ3n) is 5.86. The van der Waals surface area contributed by atoms with Gasteiger partial charge in [-0.25, -0.2) is 13.2 Å². The zero-order chi connectivity index (χ0) is 23.6. The Morgan fingerprint density at radius 1 is 1.09 bits per heavy atom. The lowest BCUT2D eigenvalue weighted by Crippen LogP contribution is -2.50. The number of unbranched alkanes of at least 4 members (excludes halogenated alkanes) is 1. The Morgan fingerprint density at radius 2 is 1.79 bits per heavy atom. The predicted octanol–water partition coefficient (Wildman–Crippen LogP) is 5.18. The number of carboxylic acid groups (broad SMARTS) is 1. The van der Waals surface area contributed by atoms with Gasteiger partial charge < -0.3 is 10.4 Å². The first-order chi connectivity index (χ1) is 15.7. The molecule has 1 heterocycles. The number of hydrogen-bond donors (Lipinski definition) is 3. The Balaban J connectivity index is 1.70. The van der Waals surface area contributed by atoms with Crippen molar-refractivity contribution in [1.29, 1.82) is 0 Å². The molecule has 4 rings (SSSR count). The maximum absolute atomic E-state index is 13.4. The molecular formula is C25H25ClN2O4S. The number of aromatic carboxylic acids is 1. The Labute approximate surface area is 198 Å². The van der Waals surface area contributed by atoms with E-state index in [1.165, 1.54) is 12.1 Å². The fourth-order valence-corrected chi connectivity index (χ4v) is 5.59. The van der Waals surface area contributed by atoms with Gasteiger partial charge in [0.25, 0.3) is 0 Å². The van der Waals surface area contributed by atoms with Crippen LogP contribution in [0.15, 0.2) is 71.6 Å². The van der Waals surface area contributed by atoms with Gasteiger partial charge in [0.1, 0.15) is 5.66 Å². The Kier molecular flexibility index (Phi) is 6.47. The van der Waals surface area contributed by atoms with Crippen molar-refractivity contribution in [2.24, 2.45) is 0 Å². The molecule has 172 valence electrons. The second-order valence-corrected chi connectivity index (χ2v) is 10.4. The zero-order valence-electron chi connectivity index (χ0n) is 18.1. The number of carboxylic acids is 1. The maximum Gasteiger partial charge on any atom is 0.335 e. The monoisotopic (exact) mass is 484 g/mol. The Bertz CT molecular complexity index is 1270. The SMILES string of the molecule is CCCCc1ccc(S(=O)(=O)NC2(c3ccc(C(=O)O)cc3)Cc3cc(Cl)ccc3N2)cc1. The highest BCUT2D eigenvalue weighted by atomic mass is 35.5. The molecule has 0 bridgehead atoms. The van der Waals surface area contributed by atoms with E-state index >= 15 is 0 Å². The summed E-state index contributed by atoms with van der Waals surface area (Å²) in [4.78, 5) is 11.5. The van der Waals surface area contributed by atoms with E-state index in [-0.39, 0.29) is 10.5 Å². The third kappa shape index (κ3) is 4.90. The van der Waals surface area contributed by atoms with Crippen LogP contribution in [0.2, 0.25) is 5.02 Å². The molecule has 0 amide bonds. The summed E-state index contributed by atoms with van der Waals surface area (Å²) in [5, 5.41) is 13.1. The van der Waals surface area contributed by atoms with Gasteiger partial charge in [0.05, 0.1) is 10.5 Å². The minimum atomic E-state index is -3.90. The van der Waals surface area contributed by atoms with E-state index < -0.39 is 21.7 Å². The summed E-state index contributed by atoms with van der Waals surface area (Å²) in [7, 11) is -3.90. The highest BCUT2D eigenvalue weighted by molar-refractivity contribution is 7.89. The van der Waals surface area contributed by atoms with Crippen molar-refractivity contribution >= 4 is 33.3 Å². The van der Waals surface area contributed by atoms with Gasteiger partial charge in [-0.15, -0.1) is 0 Å². The summed E-state index contributed by atoms with van der Waals surface area (Å²) in [6.45, 7) is 2.12. The third-order valence-corrected chi connectivity index (χ3v) is 7.60. The molecule has 6 nitrogen and oxygen atoms in total. The molecule has 3 N–H and O–H groups in total. The van der Waals surface area contributed by atoms with Crippen LogP contribution in [0.4, 0.5) is 5.69 Å². The summed E-state index contributed by atoms with van der Waals surface area (Å²) in [6.07, 6.45) is 3.33. The molecule has 0 saturated heterocycles. The van der Waals surface area contributed by atoms with E-state index in [4.69, 9.17) is 11.6 Å². The summed E-state index contributed by atoms with van der Waals surface area (Å²) in [5.41, 5.74) is 2.25. The summed E-state index contributed by atoms with van der Waals surface area (Å²) in [6, 6.07) is 18.4. The van der Waals surface area contributed by atoms with Crippen LogP contribution in [0.25, 0.3) is 0 Å². The molecule has 0 saturated carbocycles. The van der Waals surface area contributed by atoms with E-state index in [1.54, 1.807) is 36.4 Å². The fraction of sp³-hybridized carbons (Fsp3) is 0.240. The number of fused-ring (bicyclic) bond motifs is 1. The van der Waals surface area contributed by atoms with Gasteiger partial charge in [0.15, 0.2) is 0 Å². The normalized spacial score (nSPS) is 17.4. The second kappa shape index (κ2) is 9.17.